The monoisotopic (exact) mass is 261 g/mol. The largest absolute Gasteiger partial charge is 0.392 e. The predicted octanol–water partition coefficient (Wildman–Crippen LogP) is 2.71. The molecule has 2 unspecified atom stereocenters. The van der Waals surface area contributed by atoms with Crippen LogP contribution in [0.3, 0.4) is 0 Å². The summed E-state index contributed by atoms with van der Waals surface area (Å²) in [5.41, 5.74) is 0. The third kappa shape index (κ3) is 3.29. The second-order valence-electron chi connectivity index (χ2n) is 2.85. The van der Waals surface area contributed by atoms with Gasteiger partial charge in [0.05, 0.1) is 6.10 Å². The molecule has 2 atom stereocenters. The molecule has 72 valence electrons. The lowest BCUT2D eigenvalue weighted by atomic mass is 10.3. The van der Waals surface area contributed by atoms with Crippen LogP contribution in [-0.4, -0.2) is 21.4 Å². The minimum atomic E-state index is -0.320. The topological polar surface area (TPSA) is 33.1 Å². The maximum Gasteiger partial charge on any atom is 0.111 e. The smallest absolute Gasteiger partial charge is 0.111 e. The first kappa shape index (κ1) is 11.0. The minimum Gasteiger partial charge on any atom is -0.392 e. The van der Waals surface area contributed by atoms with E-state index in [0.717, 1.165) is 9.50 Å². The third-order valence-corrected chi connectivity index (χ3v) is 3.92. The van der Waals surface area contributed by atoms with Gasteiger partial charge in [0.25, 0.3) is 0 Å². The highest BCUT2D eigenvalue weighted by Crippen LogP contribution is 2.29. The molecule has 0 aliphatic rings. The zero-order chi connectivity index (χ0) is 9.84. The molecule has 0 saturated carbocycles. The molecule has 1 aromatic heterocycles. The average Bonchev–Trinajstić information content (AvgIpc) is 2.08. The molecule has 0 aliphatic carbocycles. The number of hydrogen-bond acceptors (Lipinski definition) is 3. The highest BCUT2D eigenvalue weighted by Gasteiger charge is 2.12. The number of thioether (sulfide) groups is 1. The number of aromatic nitrogens is 1. The number of hydrogen-bond donors (Lipinski definition) is 1. The SMILES string of the molecule is CC(O)C(C)Sc1ncccc1Br. The van der Waals surface area contributed by atoms with Crippen molar-refractivity contribution in [1.82, 2.24) is 4.98 Å². The van der Waals surface area contributed by atoms with Crippen LogP contribution in [0.1, 0.15) is 13.8 Å². The molecule has 2 nitrogen and oxygen atoms in total. The van der Waals surface area contributed by atoms with Gasteiger partial charge in [-0.25, -0.2) is 4.98 Å². The Labute approximate surface area is 90.9 Å². The maximum absolute atomic E-state index is 9.31. The van der Waals surface area contributed by atoms with Crippen molar-refractivity contribution in [3.05, 3.63) is 22.8 Å². The lowest BCUT2D eigenvalue weighted by molar-refractivity contribution is 0.196. The van der Waals surface area contributed by atoms with E-state index < -0.39 is 0 Å². The van der Waals surface area contributed by atoms with E-state index >= 15 is 0 Å². The molecule has 0 spiro atoms. The molecule has 4 heteroatoms. The lowest BCUT2D eigenvalue weighted by Gasteiger charge is -2.13. The molecule has 1 heterocycles. The third-order valence-electron chi connectivity index (χ3n) is 1.70. The van der Waals surface area contributed by atoms with Crippen molar-refractivity contribution in [3.63, 3.8) is 0 Å². The van der Waals surface area contributed by atoms with Crippen LogP contribution in [0.4, 0.5) is 0 Å². The van der Waals surface area contributed by atoms with Gasteiger partial charge in [-0.05, 0) is 35.0 Å². The molecule has 13 heavy (non-hydrogen) atoms. The standard InChI is InChI=1S/C9H12BrNOS/c1-6(12)7(2)13-9-8(10)4-3-5-11-9/h3-7,12H,1-2H3. The van der Waals surface area contributed by atoms with Gasteiger partial charge in [-0.15, -0.1) is 0 Å². The minimum absolute atomic E-state index is 0.159. The van der Waals surface area contributed by atoms with Crippen LogP contribution in [-0.2, 0) is 0 Å². The second kappa shape index (κ2) is 4.98. The van der Waals surface area contributed by atoms with Gasteiger partial charge in [0.15, 0.2) is 0 Å². The van der Waals surface area contributed by atoms with E-state index in [9.17, 15) is 5.11 Å². The molecule has 0 fully saturated rings. The summed E-state index contributed by atoms with van der Waals surface area (Å²) < 4.78 is 0.979. The van der Waals surface area contributed by atoms with E-state index in [1.54, 1.807) is 24.9 Å². The molecular formula is C9H12BrNOS. The fourth-order valence-corrected chi connectivity index (χ4v) is 2.12. The Bertz CT molecular complexity index is 280. The van der Waals surface area contributed by atoms with Gasteiger partial charge in [-0.1, -0.05) is 18.7 Å². The van der Waals surface area contributed by atoms with Gasteiger partial charge in [-0.2, -0.15) is 0 Å². The normalized spacial score (nSPS) is 15.4. The van der Waals surface area contributed by atoms with E-state index in [4.69, 9.17) is 0 Å². The summed E-state index contributed by atoms with van der Waals surface area (Å²) in [7, 11) is 0. The Morgan fingerprint density at radius 3 is 2.77 bits per heavy atom. The maximum atomic E-state index is 9.31. The van der Waals surface area contributed by atoms with Gasteiger partial charge in [0, 0.05) is 15.9 Å². The molecule has 0 aliphatic heterocycles. The quantitative estimate of drug-likeness (QED) is 0.850. The van der Waals surface area contributed by atoms with Crippen LogP contribution in [0, 0.1) is 0 Å². The summed E-state index contributed by atoms with van der Waals surface area (Å²) in [6, 6.07) is 3.82. The van der Waals surface area contributed by atoms with Crippen LogP contribution in [0.2, 0.25) is 0 Å². The highest BCUT2D eigenvalue weighted by atomic mass is 79.9. The Morgan fingerprint density at radius 2 is 2.23 bits per heavy atom. The molecule has 1 rings (SSSR count). The first-order valence-corrected chi connectivity index (χ1v) is 5.73. The van der Waals surface area contributed by atoms with Crippen molar-refractivity contribution in [2.45, 2.75) is 30.2 Å². The Balaban J connectivity index is 2.69. The van der Waals surface area contributed by atoms with Gasteiger partial charge in [-0.3, -0.25) is 0 Å². The zero-order valence-corrected chi connectivity index (χ0v) is 9.97. The van der Waals surface area contributed by atoms with E-state index in [1.165, 1.54) is 0 Å². The lowest BCUT2D eigenvalue weighted by Crippen LogP contribution is -2.15. The van der Waals surface area contributed by atoms with Crippen molar-refractivity contribution in [2.75, 3.05) is 0 Å². The van der Waals surface area contributed by atoms with Crippen molar-refractivity contribution in [3.8, 4) is 0 Å². The predicted molar refractivity (Wildman–Crippen MR) is 58.9 cm³/mol. The van der Waals surface area contributed by atoms with Gasteiger partial charge in [0.1, 0.15) is 5.03 Å². The summed E-state index contributed by atoms with van der Waals surface area (Å²) in [6.07, 6.45) is 1.43. The second-order valence-corrected chi connectivity index (χ2v) is 5.07. The van der Waals surface area contributed by atoms with Crippen LogP contribution < -0.4 is 0 Å². The number of aliphatic hydroxyl groups excluding tert-OH is 1. The first-order chi connectivity index (χ1) is 6.11. The van der Waals surface area contributed by atoms with Crippen molar-refractivity contribution in [2.24, 2.45) is 0 Å². The molecule has 0 aromatic carbocycles. The summed E-state index contributed by atoms with van der Waals surface area (Å²) in [6.45, 7) is 3.77. The molecule has 1 N–H and O–H groups in total. The van der Waals surface area contributed by atoms with Crippen LogP contribution >= 0.6 is 27.7 Å². The molecule has 1 aromatic rings. The summed E-state index contributed by atoms with van der Waals surface area (Å²) >= 11 is 4.98. The van der Waals surface area contributed by atoms with Crippen LogP contribution in [0.25, 0.3) is 0 Å². The number of aliphatic hydroxyl groups is 1. The number of pyridine rings is 1. The van der Waals surface area contributed by atoms with Gasteiger partial charge < -0.3 is 5.11 Å². The summed E-state index contributed by atoms with van der Waals surface area (Å²) in [5.74, 6) is 0. The highest BCUT2D eigenvalue weighted by molar-refractivity contribution is 9.10. The van der Waals surface area contributed by atoms with Crippen LogP contribution in [0.5, 0.6) is 0 Å². The van der Waals surface area contributed by atoms with Gasteiger partial charge >= 0.3 is 0 Å². The summed E-state index contributed by atoms with van der Waals surface area (Å²) in [4.78, 5) is 4.21. The van der Waals surface area contributed by atoms with Crippen LogP contribution in [0.15, 0.2) is 27.8 Å². The molecule has 0 bridgehead atoms. The fraction of sp³-hybridized carbons (Fsp3) is 0.444. The Hall–Kier alpha value is -0.0600. The molecule has 0 saturated heterocycles. The van der Waals surface area contributed by atoms with Gasteiger partial charge in [0.2, 0.25) is 0 Å². The average molecular weight is 262 g/mol. The number of halogens is 1. The van der Waals surface area contributed by atoms with Crippen molar-refractivity contribution >= 4 is 27.7 Å². The molecule has 0 radical (unpaired) electrons. The Kier molecular flexibility index (Phi) is 4.22. The van der Waals surface area contributed by atoms with E-state index in [2.05, 4.69) is 20.9 Å². The fourth-order valence-electron chi connectivity index (χ4n) is 0.732. The van der Waals surface area contributed by atoms with E-state index in [0.29, 0.717) is 0 Å². The summed E-state index contributed by atoms with van der Waals surface area (Å²) in [5, 5.41) is 10.4. The number of rotatable bonds is 3. The van der Waals surface area contributed by atoms with Crippen molar-refractivity contribution in [1.29, 1.82) is 0 Å². The molecular weight excluding hydrogens is 250 g/mol. The zero-order valence-electron chi connectivity index (χ0n) is 7.57. The number of nitrogens with zero attached hydrogens (tertiary/aromatic N) is 1. The van der Waals surface area contributed by atoms with E-state index in [-0.39, 0.29) is 11.4 Å². The van der Waals surface area contributed by atoms with Crippen molar-refractivity contribution < 1.29 is 5.11 Å². The van der Waals surface area contributed by atoms with E-state index in [1.807, 2.05) is 19.1 Å². The Morgan fingerprint density at radius 1 is 1.54 bits per heavy atom. The first-order valence-electron chi connectivity index (χ1n) is 4.06. The molecule has 0 amide bonds.